The van der Waals surface area contributed by atoms with Crippen LogP contribution in [0.4, 0.5) is 0 Å². The Hall–Kier alpha value is -0.360. The fourth-order valence-corrected chi connectivity index (χ4v) is 2.28. The first-order chi connectivity index (χ1) is 7.28. The summed E-state index contributed by atoms with van der Waals surface area (Å²) in [7, 11) is 0. The molecule has 0 aliphatic heterocycles. The van der Waals surface area contributed by atoms with Crippen LogP contribution in [-0.4, -0.2) is 36.2 Å². The van der Waals surface area contributed by atoms with Gasteiger partial charge in [0.2, 0.25) is 0 Å². The quantitative estimate of drug-likeness (QED) is 0.655. The minimum absolute atomic E-state index is 0.0458. The van der Waals surface area contributed by atoms with Crippen LogP contribution >= 0.6 is 23.5 Å². The molecule has 2 unspecified atom stereocenters. The predicted molar refractivity (Wildman–Crippen MR) is 65.9 cm³/mol. The highest BCUT2D eigenvalue weighted by atomic mass is 32.2. The molecule has 0 aromatic heterocycles. The van der Waals surface area contributed by atoms with E-state index >= 15 is 0 Å². The van der Waals surface area contributed by atoms with Gasteiger partial charge in [0.1, 0.15) is 0 Å². The van der Waals surface area contributed by atoms with E-state index in [2.05, 4.69) is 12.1 Å². The Labute approximate surface area is 100 Å². The molecule has 0 fully saturated rings. The maximum absolute atomic E-state index is 8.63. The summed E-state index contributed by atoms with van der Waals surface area (Å²) in [6, 6.07) is 4.23. The van der Waals surface area contributed by atoms with Gasteiger partial charge in [0.25, 0.3) is 0 Å². The highest BCUT2D eigenvalue weighted by Crippen LogP contribution is 2.13. The van der Waals surface area contributed by atoms with Crippen molar-refractivity contribution in [2.45, 2.75) is 25.0 Å². The van der Waals surface area contributed by atoms with Gasteiger partial charge in [0.05, 0.1) is 37.2 Å². The monoisotopic (exact) mass is 244 g/mol. The molecule has 3 nitrogen and oxygen atoms in total. The van der Waals surface area contributed by atoms with E-state index in [4.69, 9.17) is 15.3 Å². The van der Waals surface area contributed by atoms with E-state index in [0.29, 0.717) is 12.8 Å². The fraction of sp³-hybridized carbons (Fsp3) is 0.800. The Bertz CT molecular complexity index is 211. The lowest BCUT2D eigenvalue weighted by atomic mass is 10.2. The summed E-state index contributed by atoms with van der Waals surface area (Å²) >= 11 is 3.32. The summed E-state index contributed by atoms with van der Waals surface area (Å²) in [6.07, 6.45) is 4.68. The second kappa shape index (κ2) is 10.2. The molecular weight excluding hydrogens is 228 g/mol. The van der Waals surface area contributed by atoms with Gasteiger partial charge < -0.3 is 4.74 Å². The number of hydrogen-bond donors (Lipinski definition) is 0. The third kappa shape index (κ3) is 7.56. The van der Waals surface area contributed by atoms with E-state index in [0.717, 1.165) is 11.5 Å². The van der Waals surface area contributed by atoms with E-state index in [-0.39, 0.29) is 12.2 Å². The van der Waals surface area contributed by atoms with Gasteiger partial charge >= 0.3 is 0 Å². The van der Waals surface area contributed by atoms with Gasteiger partial charge in [0.15, 0.2) is 0 Å². The predicted octanol–water partition coefficient (Wildman–Crippen LogP) is 2.29. The molecule has 2 atom stereocenters. The lowest BCUT2D eigenvalue weighted by Gasteiger charge is -2.20. The molecule has 84 valence electrons. The summed E-state index contributed by atoms with van der Waals surface area (Å²) in [5.74, 6) is 1.62. The first-order valence-corrected chi connectivity index (χ1v) is 7.44. The van der Waals surface area contributed by atoms with Crippen LogP contribution in [0.1, 0.15) is 12.8 Å². The van der Waals surface area contributed by atoms with Gasteiger partial charge in [-0.15, -0.1) is 0 Å². The molecule has 0 aliphatic carbocycles. The van der Waals surface area contributed by atoms with Crippen LogP contribution in [-0.2, 0) is 4.74 Å². The maximum atomic E-state index is 8.63. The van der Waals surface area contributed by atoms with Gasteiger partial charge in [0, 0.05) is 11.5 Å². The van der Waals surface area contributed by atoms with Crippen molar-refractivity contribution in [3.63, 3.8) is 0 Å². The first kappa shape index (κ1) is 14.6. The molecule has 0 bridgehead atoms. The zero-order valence-corrected chi connectivity index (χ0v) is 10.7. The Morgan fingerprint density at radius 3 is 1.67 bits per heavy atom. The van der Waals surface area contributed by atoms with Crippen LogP contribution in [0.25, 0.3) is 0 Å². The number of rotatable bonds is 8. The van der Waals surface area contributed by atoms with Gasteiger partial charge in [-0.25, -0.2) is 0 Å². The molecule has 0 heterocycles. The fourth-order valence-electron chi connectivity index (χ4n) is 1.14. The first-order valence-electron chi connectivity index (χ1n) is 4.65. The lowest BCUT2D eigenvalue weighted by Crippen LogP contribution is -2.25. The molecule has 5 heteroatoms. The van der Waals surface area contributed by atoms with Crippen LogP contribution in [0.3, 0.4) is 0 Å². The molecule has 0 rings (SSSR count). The summed E-state index contributed by atoms with van der Waals surface area (Å²) in [4.78, 5) is 0. The van der Waals surface area contributed by atoms with Crippen LogP contribution in [0, 0.1) is 22.7 Å². The van der Waals surface area contributed by atoms with Crippen LogP contribution in [0.2, 0.25) is 0 Å². The van der Waals surface area contributed by atoms with Crippen molar-refractivity contribution in [1.82, 2.24) is 0 Å². The zero-order chi connectivity index (χ0) is 11.5. The van der Waals surface area contributed by atoms with Crippen molar-refractivity contribution >= 4 is 23.5 Å². The van der Waals surface area contributed by atoms with Gasteiger partial charge in [-0.05, 0) is 12.5 Å². The average Bonchev–Trinajstić information content (AvgIpc) is 2.19. The largest absolute Gasteiger partial charge is 0.371 e. The van der Waals surface area contributed by atoms with Gasteiger partial charge in [-0.2, -0.15) is 34.0 Å². The van der Waals surface area contributed by atoms with Gasteiger partial charge in [-0.1, -0.05) is 0 Å². The molecule has 0 N–H and O–H groups in total. The van der Waals surface area contributed by atoms with Crippen molar-refractivity contribution < 1.29 is 4.74 Å². The van der Waals surface area contributed by atoms with Crippen LogP contribution in [0.5, 0.6) is 0 Å². The molecule has 0 spiro atoms. The van der Waals surface area contributed by atoms with E-state index in [1.165, 1.54) is 0 Å². The number of nitriles is 2. The Morgan fingerprint density at radius 2 is 1.40 bits per heavy atom. The second-order valence-electron chi connectivity index (χ2n) is 3.02. The van der Waals surface area contributed by atoms with Crippen molar-refractivity contribution in [2.24, 2.45) is 0 Å². The average molecular weight is 244 g/mol. The summed E-state index contributed by atoms with van der Waals surface area (Å²) in [6.45, 7) is 0. The summed E-state index contributed by atoms with van der Waals surface area (Å²) < 4.78 is 5.73. The second-order valence-corrected chi connectivity index (χ2v) is 4.84. The smallest absolute Gasteiger partial charge is 0.0799 e. The summed E-state index contributed by atoms with van der Waals surface area (Å²) in [5.41, 5.74) is 0. The van der Waals surface area contributed by atoms with E-state index in [1.54, 1.807) is 23.5 Å². The summed E-state index contributed by atoms with van der Waals surface area (Å²) in [5, 5.41) is 17.3. The minimum atomic E-state index is -0.0458. The normalized spacial score (nSPS) is 13.9. The lowest BCUT2D eigenvalue weighted by molar-refractivity contribution is 0.0195. The third-order valence-corrected chi connectivity index (χ3v) is 3.14. The van der Waals surface area contributed by atoms with E-state index in [9.17, 15) is 0 Å². The highest BCUT2D eigenvalue weighted by Gasteiger charge is 2.15. The molecule has 0 aromatic carbocycles. The van der Waals surface area contributed by atoms with Crippen molar-refractivity contribution in [3.8, 4) is 12.1 Å². The van der Waals surface area contributed by atoms with Gasteiger partial charge in [-0.3, -0.25) is 0 Å². The highest BCUT2D eigenvalue weighted by molar-refractivity contribution is 7.98. The molecule has 15 heavy (non-hydrogen) atoms. The van der Waals surface area contributed by atoms with E-state index in [1.807, 2.05) is 12.5 Å². The molecule has 0 saturated carbocycles. The molecule has 0 radical (unpaired) electrons. The minimum Gasteiger partial charge on any atom is -0.371 e. The maximum Gasteiger partial charge on any atom is 0.0799 e. The number of ether oxygens (including phenoxy) is 1. The topological polar surface area (TPSA) is 56.8 Å². The van der Waals surface area contributed by atoms with Crippen molar-refractivity contribution in [2.75, 3.05) is 24.0 Å². The number of thioether (sulfide) groups is 2. The third-order valence-electron chi connectivity index (χ3n) is 1.73. The van der Waals surface area contributed by atoms with Crippen molar-refractivity contribution in [3.05, 3.63) is 0 Å². The van der Waals surface area contributed by atoms with E-state index < -0.39 is 0 Å². The zero-order valence-electron chi connectivity index (χ0n) is 9.10. The Balaban J connectivity index is 4.08. The van der Waals surface area contributed by atoms with Crippen LogP contribution in [0.15, 0.2) is 0 Å². The molecule has 0 amide bonds. The number of nitrogens with zero attached hydrogens (tertiary/aromatic N) is 2. The molecule has 0 aromatic rings. The standard InChI is InChI=1S/C10H16N2OS2/c1-14-7-9(3-5-11)13-10(4-6-12)8-15-2/h9-10H,3-4,7-8H2,1-2H3. The number of hydrogen-bond acceptors (Lipinski definition) is 5. The Morgan fingerprint density at radius 1 is 1.00 bits per heavy atom. The van der Waals surface area contributed by atoms with Crippen LogP contribution < -0.4 is 0 Å². The SMILES string of the molecule is CSCC(CC#N)OC(CC#N)CSC. The Kier molecular flexibility index (Phi) is 9.92. The van der Waals surface area contributed by atoms with Crippen molar-refractivity contribution in [1.29, 1.82) is 10.5 Å². The molecular formula is C10H16N2OS2. The molecule has 0 saturated heterocycles. The molecule has 0 aliphatic rings.